The van der Waals surface area contributed by atoms with Crippen LogP contribution < -0.4 is 16.4 Å². The Morgan fingerprint density at radius 1 is 1.25 bits per heavy atom. The maximum atomic E-state index is 11.7. The number of nitrogens with one attached hydrogen (secondary N) is 2. The number of carbonyl (C=O) groups is 3. The number of carbonyl (C=O) groups excluding carboxylic acids is 2. The number of amides is 3. The molecule has 0 unspecified atom stereocenters. The number of primary amides is 1. The van der Waals surface area contributed by atoms with Crippen molar-refractivity contribution in [1.82, 2.24) is 15.6 Å². The van der Waals surface area contributed by atoms with Gasteiger partial charge in [-0.15, -0.1) is 0 Å². The zero-order valence-corrected chi connectivity index (χ0v) is 10.5. The standard InChI is InChI=1S/C12H14N4O4/c13-12(20)16-4-3-15-11(19)9-5-8(6-14-7-9)1-2-10(17)18/h1-2,5-7H,3-4H2,(H,15,19)(H,17,18)(H3,13,16,20)/b2-1+. The highest BCUT2D eigenvalue weighted by Crippen LogP contribution is 2.04. The molecule has 0 aliphatic heterocycles. The molecule has 1 heterocycles. The summed E-state index contributed by atoms with van der Waals surface area (Å²) in [5.74, 6) is -1.47. The van der Waals surface area contributed by atoms with Crippen molar-refractivity contribution in [2.45, 2.75) is 0 Å². The first-order valence-corrected chi connectivity index (χ1v) is 5.66. The quantitative estimate of drug-likeness (QED) is 0.414. The van der Waals surface area contributed by atoms with Crippen molar-refractivity contribution >= 4 is 24.0 Å². The summed E-state index contributed by atoms with van der Waals surface area (Å²) >= 11 is 0. The van der Waals surface area contributed by atoms with Crippen LogP contribution in [0.15, 0.2) is 24.5 Å². The second kappa shape index (κ2) is 7.52. The van der Waals surface area contributed by atoms with E-state index in [9.17, 15) is 14.4 Å². The molecule has 3 amide bonds. The molecule has 0 aromatic carbocycles. The SMILES string of the molecule is NC(=O)NCCNC(=O)c1cncc(/C=C/C(=O)O)c1. The highest BCUT2D eigenvalue weighted by Gasteiger charge is 2.05. The van der Waals surface area contributed by atoms with E-state index in [2.05, 4.69) is 15.6 Å². The largest absolute Gasteiger partial charge is 0.478 e. The summed E-state index contributed by atoms with van der Waals surface area (Å²) in [7, 11) is 0. The van der Waals surface area contributed by atoms with E-state index in [1.165, 1.54) is 24.5 Å². The van der Waals surface area contributed by atoms with Gasteiger partial charge < -0.3 is 21.5 Å². The fourth-order valence-electron chi connectivity index (χ4n) is 1.30. The summed E-state index contributed by atoms with van der Waals surface area (Å²) in [6.45, 7) is 0.435. The van der Waals surface area contributed by atoms with Crippen LogP contribution in [0, 0.1) is 0 Å². The highest BCUT2D eigenvalue weighted by molar-refractivity contribution is 5.94. The van der Waals surface area contributed by atoms with E-state index in [1.807, 2.05) is 0 Å². The van der Waals surface area contributed by atoms with Gasteiger partial charge in [0.15, 0.2) is 0 Å². The van der Waals surface area contributed by atoms with Crippen molar-refractivity contribution in [3.05, 3.63) is 35.7 Å². The predicted octanol–water partition coefficient (Wildman–Crippen LogP) is -0.422. The van der Waals surface area contributed by atoms with Crippen LogP contribution in [0.2, 0.25) is 0 Å². The van der Waals surface area contributed by atoms with E-state index in [4.69, 9.17) is 10.8 Å². The number of carboxylic acid groups (broad SMARTS) is 1. The molecular formula is C12H14N4O4. The van der Waals surface area contributed by atoms with Crippen LogP contribution in [0.4, 0.5) is 4.79 Å². The molecule has 0 bridgehead atoms. The summed E-state index contributed by atoms with van der Waals surface area (Å²) in [5.41, 5.74) is 5.65. The molecule has 0 atom stereocenters. The van der Waals surface area contributed by atoms with Gasteiger partial charge >= 0.3 is 12.0 Å². The van der Waals surface area contributed by atoms with Gasteiger partial charge in [-0.3, -0.25) is 9.78 Å². The molecule has 0 radical (unpaired) electrons. The Balaban J connectivity index is 2.57. The van der Waals surface area contributed by atoms with Crippen LogP contribution >= 0.6 is 0 Å². The number of hydrogen-bond acceptors (Lipinski definition) is 4. The van der Waals surface area contributed by atoms with E-state index >= 15 is 0 Å². The summed E-state index contributed by atoms with van der Waals surface area (Å²) < 4.78 is 0. The molecule has 5 N–H and O–H groups in total. The van der Waals surface area contributed by atoms with E-state index in [-0.39, 0.29) is 24.6 Å². The van der Waals surface area contributed by atoms with Gasteiger partial charge in [0.2, 0.25) is 0 Å². The molecule has 106 valence electrons. The monoisotopic (exact) mass is 278 g/mol. The lowest BCUT2D eigenvalue weighted by Gasteiger charge is -2.05. The second-order valence-electron chi connectivity index (χ2n) is 3.73. The van der Waals surface area contributed by atoms with Crippen LogP contribution in [0.1, 0.15) is 15.9 Å². The molecule has 1 rings (SSSR count). The molecule has 8 heteroatoms. The Morgan fingerprint density at radius 2 is 1.95 bits per heavy atom. The number of aliphatic carboxylic acids is 1. The Kier molecular flexibility index (Phi) is 5.70. The van der Waals surface area contributed by atoms with Crippen molar-refractivity contribution in [3.8, 4) is 0 Å². The van der Waals surface area contributed by atoms with Gasteiger partial charge in [0.25, 0.3) is 5.91 Å². The van der Waals surface area contributed by atoms with Crippen molar-refractivity contribution in [3.63, 3.8) is 0 Å². The van der Waals surface area contributed by atoms with Gasteiger partial charge in [-0.1, -0.05) is 0 Å². The highest BCUT2D eigenvalue weighted by atomic mass is 16.4. The molecule has 1 aromatic heterocycles. The molecule has 1 aromatic rings. The fraction of sp³-hybridized carbons (Fsp3) is 0.167. The topological polar surface area (TPSA) is 134 Å². The molecule has 0 saturated carbocycles. The summed E-state index contributed by atoms with van der Waals surface area (Å²) in [4.78, 5) is 36.4. The molecule has 20 heavy (non-hydrogen) atoms. The Bertz CT molecular complexity index is 542. The van der Waals surface area contributed by atoms with Gasteiger partial charge in [0, 0.05) is 31.6 Å². The van der Waals surface area contributed by atoms with Gasteiger partial charge in [-0.05, 0) is 17.7 Å². The average molecular weight is 278 g/mol. The molecule has 8 nitrogen and oxygen atoms in total. The first-order valence-electron chi connectivity index (χ1n) is 5.66. The summed E-state index contributed by atoms with van der Waals surface area (Å²) in [6, 6.07) is 0.838. The zero-order chi connectivity index (χ0) is 15.0. The van der Waals surface area contributed by atoms with Crippen LogP contribution in [0.5, 0.6) is 0 Å². The third-order valence-corrected chi connectivity index (χ3v) is 2.15. The van der Waals surface area contributed by atoms with Gasteiger partial charge in [-0.2, -0.15) is 0 Å². The molecule has 0 aliphatic carbocycles. The molecular weight excluding hydrogens is 264 g/mol. The maximum Gasteiger partial charge on any atom is 0.328 e. The van der Waals surface area contributed by atoms with Crippen molar-refractivity contribution < 1.29 is 19.5 Å². The number of pyridine rings is 1. The first kappa shape index (κ1) is 15.2. The van der Waals surface area contributed by atoms with Gasteiger partial charge in [0.1, 0.15) is 0 Å². The van der Waals surface area contributed by atoms with Crippen LogP contribution in [0.25, 0.3) is 6.08 Å². The fourth-order valence-corrected chi connectivity index (χ4v) is 1.30. The van der Waals surface area contributed by atoms with Crippen molar-refractivity contribution in [2.24, 2.45) is 5.73 Å². The number of nitrogens with two attached hydrogens (primary N) is 1. The number of aromatic nitrogens is 1. The predicted molar refractivity (Wildman–Crippen MR) is 70.8 cm³/mol. The van der Waals surface area contributed by atoms with Gasteiger partial charge in [0.05, 0.1) is 5.56 Å². The Labute approximate surface area is 114 Å². The zero-order valence-electron chi connectivity index (χ0n) is 10.5. The number of rotatable bonds is 6. The lowest BCUT2D eigenvalue weighted by molar-refractivity contribution is -0.131. The maximum absolute atomic E-state index is 11.7. The van der Waals surface area contributed by atoms with Gasteiger partial charge in [-0.25, -0.2) is 9.59 Å². The van der Waals surface area contributed by atoms with Crippen LogP contribution in [-0.2, 0) is 4.79 Å². The Morgan fingerprint density at radius 3 is 2.60 bits per heavy atom. The average Bonchev–Trinajstić information content (AvgIpc) is 2.41. The first-order chi connectivity index (χ1) is 9.49. The lowest BCUT2D eigenvalue weighted by atomic mass is 10.2. The van der Waals surface area contributed by atoms with Crippen molar-refractivity contribution in [1.29, 1.82) is 0 Å². The third-order valence-electron chi connectivity index (χ3n) is 2.15. The van der Waals surface area contributed by atoms with E-state index in [1.54, 1.807) is 0 Å². The van der Waals surface area contributed by atoms with E-state index < -0.39 is 12.0 Å². The minimum atomic E-state index is -1.09. The molecule has 0 spiro atoms. The number of urea groups is 1. The number of carboxylic acids is 1. The van der Waals surface area contributed by atoms with Crippen molar-refractivity contribution in [2.75, 3.05) is 13.1 Å². The third kappa shape index (κ3) is 5.63. The second-order valence-corrected chi connectivity index (χ2v) is 3.73. The van der Waals surface area contributed by atoms with E-state index in [0.717, 1.165) is 6.08 Å². The smallest absolute Gasteiger partial charge is 0.328 e. The Hall–Kier alpha value is -2.90. The normalized spacial score (nSPS) is 10.2. The minimum Gasteiger partial charge on any atom is -0.478 e. The minimum absolute atomic E-state index is 0.215. The molecule has 0 aliphatic rings. The number of nitrogens with zero attached hydrogens (tertiary/aromatic N) is 1. The van der Waals surface area contributed by atoms with E-state index in [0.29, 0.717) is 5.56 Å². The molecule has 0 saturated heterocycles. The summed E-state index contributed by atoms with van der Waals surface area (Å²) in [5, 5.41) is 13.4. The molecule has 0 fully saturated rings. The number of hydrogen-bond donors (Lipinski definition) is 4. The summed E-state index contributed by atoms with van der Waals surface area (Å²) in [6.07, 6.45) is 5.08. The van der Waals surface area contributed by atoms with Crippen LogP contribution in [-0.4, -0.2) is 41.1 Å². The lowest BCUT2D eigenvalue weighted by Crippen LogP contribution is -2.37. The van der Waals surface area contributed by atoms with Crippen LogP contribution in [0.3, 0.4) is 0 Å².